The number of aromatic nitrogens is 1. The van der Waals surface area contributed by atoms with E-state index in [2.05, 4.69) is 15.9 Å². The standard InChI is InChI=1S/C10H15BrN2O2/c1-6(14)3-4-13-5-8(12)7(2)9(11)10(13)15/h5-6,14H,3-4,12H2,1-2H3. The summed E-state index contributed by atoms with van der Waals surface area (Å²) in [5, 5.41) is 9.14. The molecule has 1 heterocycles. The van der Waals surface area contributed by atoms with E-state index in [9.17, 15) is 4.79 Å². The van der Waals surface area contributed by atoms with Gasteiger partial charge in [0.05, 0.1) is 16.3 Å². The fraction of sp³-hybridized carbons (Fsp3) is 0.500. The molecular weight excluding hydrogens is 260 g/mol. The Kier molecular flexibility index (Phi) is 3.93. The Morgan fingerprint density at radius 1 is 1.67 bits per heavy atom. The molecule has 5 heteroatoms. The third kappa shape index (κ3) is 2.82. The van der Waals surface area contributed by atoms with Crippen LogP contribution in [0.4, 0.5) is 5.69 Å². The number of nitrogens with zero attached hydrogens (tertiary/aromatic N) is 1. The molecule has 0 spiro atoms. The Balaban J connectivity index is 3.05. The summed E-state index contributed by atoms with van der Waals surface area (Å²) in [6.45, 7) is 3.96. The Bertz CT molecular complexity index is 413. The minimum Gasteiger partial charge on any atom is -0.397 e. The van der Waals surface area contributed by atoms with Crippen LogP contribution in [0, 0.1) is 6.92 Å². The second-order valence-electron chi connectivity index (χ2n) is 3.66. The van der Waals surface area contributed by atoms with Gasteiger partial charge in [-0.1, -0.05) is 0 Å². The fourth-order valence-electron chi connectivity index (χ4n) is 1.23. The second kappa shape index (κ2) is 4.81. The highest BCUT2D eigenvalue weighted by Crippen LogP contribution is 2.17. The minimum atomic E-state index is -0.418. The van der Waals surface area contributed by atoms with E-state index in [1.807, 2.05) is 0 Å². The van der Waals surface area contributed by atoms with E-state index in [0.717, 1.165) is 5.56 Å². The smallest absolute Gasteiger partial charge is 0.265 e. The first-order chi connectivity index (χ1) is 6.93. The maximum absolute atomic E-state index is 11.7. The van der Waals surface area contributed by atoms with Crippen LogP contribution in [0.25, 0.3) is 0 Å². The first-order valence-electron chi connectivity index (χ1n) is 4.76. The van der Waals surface area contributed by atoms with Crippen LogP contribution in [0.2, 0.25) is 0 Å². The summed E-state index contributed by atoms with van der Waals surface area (Å²) in [6.07, 6.45) is 1.73. The first kappa shape index (κ1) is 12.3. The summed E-state index contributed by atoms with van der Waals surface area (Å²) in [4.78, 5) is 11.7. The number of halogens is 1. The van der Waals surface area contributed by atoms with E-state index >= 15 is 0 Å². The van der Waals surface area contributed by atoms with Crippen LogP contribution in [0.5, 0.6) is 0 Å². The number of hydrogen-bond acceptors (Lipinski definition) is 3. The number of nitrogens with two attached hydrogens (primary N) is 1. The molecule has 0 saturated carbocycles. The third-order valence-corrected chi connectivity index (χ3v) is 3.23. The van der Waals surface area contributed by atoms with Gasteiger partial charge in [0, 0.05) is 12.7 Å². The summed E-state index contributed by atoms with van der Waals surface area (Å²) < 4.78 is 2.01. The van der Waals surface area contributed by atoms with Crippen molar-refractivity contribution in [3.63, 3.8) is 0 Å². The summed E-state index contributed by atoms with van der Waals surface area (Å²) in [5.41, 5.74) is 6.97. The van der Waals surface area contributed by atoms with Crippen LogP contribution in [0.1, 0.15) is 18.9 Å². The zero-order chi connectivity index (χ0) is 11.6. The van der Waals surface area contributed by atoms with Gasteiger partial charge in [-0.3, -0.25) is 4.79 Å². The van der Waals surface area contributed by atoms with Gasteiger partial charge in [-0.15, -0.1) is 0 Å². The molecule has 0 saturated heterocycles. The Morgan fingerprint density at radius 2 is 2.27 bits per heavy atom. The van der Waals surface area contributed by atoms with Gasteiger partial charge in [-0.05, 0) is 41.8 Å². The Labute approximate surface area is 96.8 Å². The summed E-state index contributed by atoms with van der Waals surface area (Å²) in [7, 11) is 0. The molecular formula is C10H15BrN2O2. The lowest BCUT2D eigenvalue weighted by atomic mass is 10.2. The largest absolute Gasteiger partial charge is 0.397 e. The first-order valence-corrected chi connectivity index (χ1v) is 5.56. The van der Waals surface area contributed by atoms with Gasteiger partial charge in [0.25, 0.3) is 5.56 Å². The predicted octanol–water partition coefficient (Wildman–Crippen LogP) is 1.27. The molecule has 4 nitrogen and oxygen atoms in total. The quantitative estimate of drug-likeness (QED) is 0.873. The molecule has 0 fully saturated rings. The van der Waals surface area contributed by atoms with Gasteiger partial charge < -0.3 is 15.4 Å². The molecule has 1 aromatic rings. The molecule has 3 N–H and O–H groups in total. The Morgan fingerprint density at radius 3 is 2.80 bits per heavy atom. The molecule has 1 unspecified atom stereocenters. The lowest BCUT2D eigenvalue weighted by molar-refractivity contribution is 0.177. The molecule has 0 bridgehead atoms. The molecule has 84 valence electrons. The molecule has 0 aromatic carbocycles. The highest BCUT2D eigenvalue weighted by Gasteiger charge is 2.08. The number of pyridine rings is 1. The van der Waals surface area contributed by atoms with E-state index in [1.165, 1.54) is 4.57 Å². The van der Waals surface area contributed by atoms with Crippen molar-refractivity contribution in [2.24, 2.45) is 0 Å². The maximum atomic E-state index is 11.7. The van der Waals surface area contributed by atoms with Crippen molar-refractivity contribution in [1.82, 2.24) is 4.57 Å². The van der Waals surface area contributed by atoms with Crippen molar-refractivity contribution in [3.05, 3.63) is 26.6 Å². The summed E-state index contributed by atoms with van der Waals surface area (Å²) in [5.74, 6) is 0. The fourth-order valence-corrected chi connectivity index (χ4v) is 1.69. The molecule has 15 heavy (non-hydrogen) atoms. The SMILES string of the molecule is Cc1c(N)cn(CCC(C)O)c(=O)c1Br. The van der Waals surface area contributed by atoms with Gasteiger partial charge in [0.2, 0.25) is 0 Å². The molecule has 1 atom stereocenters. The Hall–Kier alpha value is -0.810. The van der Waals surface area contributed by atoms with Crippen LogP contribution < -0.4 is 11.3 Å². The van der Waals surface area contributed by atoms with Gasteiger partial charge >= 0.3 is 0 Å². The third-order valence-electron chi connectivity index (χ3n) is 2.29. The number of aliphatic hydroxyl groups is 1. The van der Waals surface area contributed by atoms with E-state index in [-0.39, 0.29) is 5.56 Å². The van der Waals surface area contributed by atoms with Gasteiger partial charge in [-0.25, -0.2) is 0 Å². The van der Waals surface area contributed by atoms with Gasteiger partial charge in [-0.2, -0.15) is 0 Å². The monoisotopic (exact) mass is 274 g/mol. The predicted molar refractivity (Wildman–Crippen MR) is 63.8 cm³/mol. The van der Waals surface area contributed by atoms with Crippen molar-refractivity contribution in [2.45, 2.75) is 32.9 Å². The minimum absolute atomic E-state index is 0.109. The van der Waals surface area contributed by atoms with Crippen LogP contribution in [0.3, 0.4) is 0 Å². The van der Waals surface area contributed by atoms with Gasteiger partial charge in [0.15, 0.2) is 0 Å². The highest BCUT2D eigenvalue weighted by molar-refractivity contribution is 9.10. The van der Waals surface area contributed by atoms with E-state index < -0.39 is 6.10 Å². The van der Waals surface area contributed by atoms with E-state index in [0.29, 0.717) is 23.1 Å². The van der Waals surface area contributed by atoms with Crippen LogP contribution >= 0.6 is 15.9 Å². The van der Waals surface area contributed by atoms with Crippen molar-refractivity contribution in [1.29, 1.82) is 0 Å². The number of nitrogen functional groups attached to an aromatic ring is 1. The lowest BCUT2D eigenvalue weighted by Gasteiger charge is -2.11. The molecule has 1 aromatic heterocycles. The van der Waals surface area contributed by atoms with Crippen molar-refractivity contribution in [2.75, 3.05) is 5.73 Å². The molecule has 1 rings (SSSR count). The molecule has 0 aliphatic carbocycles. The average Bonchev–Trinajstić information content (AvgIpc) is 2.18. The highest BCUT2D eigenvalue weighted by atomic mass is 79.9. The lowest BCUT2D eigenvalue weighted by Crippen LogP contribution is -2.23. The van der Waals surface area contributed by atoms with E-state index in [4.69, 9.17) is 10.8 Å². The average molecular weight is 275 g/mol. The topological polar surface area (TPSA) is 68.2 Å². The van der Waals surface area contributed by atoms with Crippen molar-refractivity contribution < 1.29 is 5.11 Å². The normalized spacial score (nSPS) is 12.8. The molecule has 0 radical (unpaired) electrons. The number of rotatable bonds is 3. The molecule has 0 amide bonds. The van der Waals surface area contributed by atoms with E-state index in [1.54, 1.807) is 20.0 Å². The molecule has 0 aliphatic rings. The zero-order valence-corrected chi connectivity index (χ0v) is 10.4. The second-order valence-corrected chi connectivity index (χ2v) is 4.45. The van der Waals surface area contributed by atoms with Crippen LogP contribution in [-0.4, -0.2) is 15.8 Å². The van der Waals surface area contributed by atoms with Crippen molar-refractivity contribution in [3.8, 4) is 0 Å². The number of anilines is 1. The number of aryl methyl sites for hydroxylation is 1. The zero-order valence-electron chi connectivity index (χ0n) is 8.83. The summed E-state index contributed by atoms with van der Waals surface area (Å²) in [6, 6.07) is 0. The maximum Gasteiger partial charge on any atom is 0.265 e. The van der Waals surface area contributed by atoms with Crippen LogP contribution in [0.15, 0.2) is 15.5 Å². The van der Waals surface area contributed by atoms with Crippen molar-refractivity contribution >= 4 is 21.6 Å². The summed E-state index contributed by atoms with van der Waals surface area (Å²) >= 11 is 3.21. The van der Waals surface area contributed by atoms with Crippen LogP contribution in [-0.2, 0) is 6.54 Å². The number of hydrogen-bond donors (Lipinski definition) is 2. The molecule has 0 aliphatic heterocycles. The number of aliphatic hydroxyl groups excluding tert-OH is 1. The van der Waals surface area contributed by atoms with Gasteiger partial charge in [0.1, 0.15) is 0 Å².